The molecule has 0 radical (unpaired) electrons. The second-order valence-corrected chi connectivity index (χ2v) is 5.18. The van der Waals surface area contributed by atoms with Gasteiger partial charge in [0.15, 0.2) is 0 Å². The first-order chi connectivity index (χ1) is 8.47. The predicted octanol–water partition coefficient (Wildman–Crippen LogP) is 2.19. The van der Waals surface area contributed by atoms with E-state index in [1.54, 1.807) is 0 Å². The highest BCUT2D eigenvalue weighted by molar-refractivity contribution is 14.1. The van der Waals surface area contributed by atoms with E-state index >= 15 is 0 Å². The lowest BCUT2D eigenvalue weighted by Gasteiger charge is -2.10. The Bertz CT molecular complexity index is 470. The third kappa shape index (κ3) is 3.81. The summed E-state index contributed by atoms with van der Waals surface area (Å²) in [4.78, 5) is 22.8. The fourth-order valence-electron chi connectivity index (χ4n) is 1.17. The standard InChI is InChI=1S/C11H10ClFINO3/c1-18-11(17)8(14)5-15-10(16)6-3-2-4-7(13)9(6)12/h2-4,8H,5H2,1H3,(H,15,16). The number of ether oxygens (including phenoxy) is 1. The SMILES string of the molecule is COC(=O)C(I)CNC(=O)c1cccc(F)c1Cl. The van der Waals surface area contributed by atoms with Crippen LogP contribution in [0.2, 0.25) is 5.02 Å². The van der Waals surface area contributed by atoms with Gasteiger partial charge < -0.3 is 10.1 Å². The maximum Gasteiger partial charge on any atom is 0.320 e. The Balaban J connectivity index is 2.66. The van der Waals surface area contributed by atoms with Crippen molar-refractivity contribution in [2.75, 3.05) is 13.7 Å². The Morgan fingerprint density at radius 2 is 2.22 bits per heavy atom. The van der Waals surface area contributed by atoms with Crippen molar-refractivity contribution in [1.82, 2.24) is 5.32 Å². The van der Waals surface area contributed by atoms with Crippen molar-refractivity contribution >= 4 is 46.1 Å². The summed E-state index contributed by atoms with van der Waals surface area (Å²) in [7, 11) is 1.26. The Morgan fingerprint density at radius 1 is 1.56 bits per heavy atom. The Labute approximate surface area is 122 Å². The molecule has 7 heteroatoms. The first kappa shape index (κ1) is 15.2. The van der Waals surface area contributed by atoms with E-state index in [-0.39, 0.29) is 17.1 Å². The molecule has 0 saturated carbocycles. The molecule has 0 spiro atoms. The van der Waals surface area contributed by atoms with Gasteiger partial charge in [0.1, 0.15) is 9.74 Å². The molecule has 1 atom stereocenters. The highest BCUT2D eigenvalue weighted by Crippen LogP contribution is 2.19. The van der Waals surface area contributed by atoms with Gasteiger partial charge in [-0.25, -0.2) is 4.39 Å². The van der Waals surface area contributed by atoms with Crippen molar-refractivity contribution in [2.24, 2.45) is 0 Å². The molecule has 98 valence electrons. The molecule has 0 aliphatic rings. The Morgan fingerprint density at radius 3 is 2.83 bits per heavy atom. The number of halogens is 3. The van der Waals surface area contributed by atoms with Crippen LogP contribution in [0.15, 0.2) is 18.2 Å². The predicted molar refractivity (Wildman–Crippen MR) is 73.6 cm³/mol. The van der Waals surface area contributed by atoms with E-state index in [0.717, 1.165) is 6.07 Å². The lowest BCUT2D eigenvalue weighted by atomic mass is 10.2. The third-order valence-electron chi connectivity index (χ3n) is 2.09. The van der Waals surface area contributed by atoms with Gasteiger partial charge in [0.05, 0.1) is 17.7 Å². The summed E-state index contributed by atoms with van der Waals surface area (Å²) in [5.74, 6) is -1.64. The molecule has 1 aromatic rings. The number of rotatable bonds is 4. The van der Waals surface area contributed by atoms with Gasteiger partial charge in [-0.05, 0) is 12.1 Å². The summed E-state index contributed by atoms with van der Waals surface area (Å²) in [6.07, 6.45) is 0. The van der Waals surface area contributed by atoms with Gasteiger partial charge in [-0.2, -0.15) is 0 Å². The smallest absolute Gasteiger partial charge is 0.320 e. The first-order valence-electron chi connectivity index (χ1n) is 4.91. The molecule has 0 aliphatic heterocycles. The summed E-state index contributed by atoms with van der Waals surface area (Å²) in [6, 6.07) is 3.95. The van der Waals surface area contributed by atoms with Gasteiger partial charge in [-0.3, -0.25) is 9.59 Å². The molecule has 0 aromatic heterocycles. The van der Waals surface area contributed by atoms with Crippen LogP contribution >= 0.6 is 34.2 Å². The van der Waals surface area contributed by atoms with Crippen LogP contribution < -0.4 is 5.32 Å². The summed E-state index contributed by atoms with van der Waals surface area (Å²) < 4.78 is 17.1. The highest BCUT2D eigenvalue weighted by Gasteiger charge is 2.18. The number of nitrogens with one attached hydrogen (secondary N) is 1. The number of methoxy groups -OCH3 is 1. The zero-order chi connectivity index (χ0) is 13.7. The molecule has 0 aliphatic carbocycles. The normalized spacial score (nSPS) is 11.8. The van der Waals surface area contributed by atoms with Crippen LogP contribution in [0.1, 0.15) is 10.4 Å². The molecular formula is C11H10ClFINO3. The van der Waals surface area contributed by atoms with Crippen molar-refractivity contribution in [2.45, 2.75) is 3.92 Å². The minimum atomic E-state index is -0.664. The van der Waals surface area contributed by atoms with E-state index in [0.29, 0.717) is 0 Å². The molecule has 1 unspecified atom stereocenters. The molecule has 0 saturated heterocycles. The molecule has 18 heavy (non-hydrogen) atoms. The number of alkyl halides is 1. The number of benzene rings is 1. The molecule has 0 fully saturated rings. The number of carbonyl (C=O) groups is 2. The minimum Gasteiger partial charge on any atom is -0.468 e. The largest absolute Gasteiger partial charge is 0.468 e. The quantitative estimate of drug-likeness (QED) is 0.491. The van der Waals surface area contributed by atoms with E-state index in [2.05, 4.69) is 10.1 Å². The van der Waals surface area contributed by atoms with Crippen molar-refractivity contribution in [3.63, 3.8) is 0 Å². The van der Waals surface area contributed by atoms with Gasteiger partial charge >= 0.3 is 5.97 Å². The molecular weight excluding hydrogens is 375 g/mol. The topological polar surface area (TPSA) is 55.4 Å². The maximum absolute atomic E-state index is 13.1. The van der Waals surface area contributed by atoms with Crippen molar-refractivity contribution < 1.29 is 18.7 Å². The van der Waals surface area contributed by atoms with Crippen LogP contribution in [-0.2, 0) is 9.53 Å². The molecule has 1 rings (SSSR count). The van der Waals surface area contributed by atoms with E-state index in [4.69, 9.17) is 11.6 Å². The zero-order valence-corrected chi connectivity index (χ0v) is 12.3. The van der Waals surface area contributed by atoms with Crippen molar-refractivity contribution in [3.8, 4) is 0 Å². The van der Waals surface area contributed by atoms with Gasteiger partial charge in [-0.1, -0.05) is 40.3 Å². The number of hydrogen-bond acceptors (Lipinski definition) is 3. The molecule has 0 bridgehead atoms. The number of hydrogen-bond donors (Lipinski definition) is 1. The average molecular weight is 386 g/mol. The van der Waals surface area contributed by atoms with E-state index < -0.39 is 21.6 Å². The number of amides is 1. The summed E-state index contributed by atoms with van der Waals surface area (Å²) in [5.41, 5.74) is 0.0325. The zero-order valence-electron chi connectivity index (χ0n) is 9.38. The van der Waals surface area contributed by atoms with Crippen LogP contribution in [0.25, 0.3) is 0 Å². The second kappa shape index (κ2) is 6.89. The van der Waals surface area contributed by atoms with Crippen LogP contribution in [0.5, 0.6) is 0 Å². The fraction of sp³-hybridized carbons (Fsp3) is 0.273. The van der Waals surface area contributed by atoms with Gasteiger partial charge in [0.25, 0.3) is 5.91 Å². The van der Waals surface area contributed by atoms with E-state index in [1.807, 2.05) is 22.6 Å². The minimum absolute atomic E-state index is 0.0325. The Kier molecular flexibility index (Phi) is 5.80. The second-order valence-electron chi connectivity index (χ2n) is 3.30. The monoisotopic (exact) mass is 385 g/mol. The number of carbonyl (C=O) groups excluding carboxylic acids is 2. The number of esters is 1. The Hall–Kier alpha value is -0.890. The fourth-order valence-corrected chi connectivity index (χ4v) is 1.85. The third-order valence-corrected chi connectivity index (χ3v) is 3.43. The molecule has 1 N–H and O–H groups in total. The molecule has 0 heterocycles. The average Bonchev–Trinajstić information content (AvgIpc) is 2.37. The summed E-state index contributed by atoms with van der Waals surface area (Å²) in [5, 5.41) is 2.25. The molecule has 4 nitrogen and oxygen atoms in total. The van der Waals surface area contributed by atoms with Crippen LogP contribution in [0.3, 0.4) is 0 Å². The summed E-state index contributed by atoms with van der Waals surface area (Å²) in [6.45, 7) is 0.0823. The summed E-state index contributed by atoms with van der Waals surface area (Å²) >= 11 is 7.50. The van der Waals surface area contributed by atoms with Crippen LogP contribution in [0, 0.1) is 5.82 Å². The van der Waals surface area contributed by atoms with Gasteiger partial charge in [-0.15, -0.1) is 0 Å². The highest BCUT2D eigenvalue weighted by atomic mass is 127. The maximum atomic E-state index is 13.1. The van der Waals surface area contributed by atoms with Crippen LogP contribution in [0.4, 0.5) is 4.39 Å². The van der Waals surface area contributed by atoms with E-state index in [9.17, 15) is 14.0 Å². The van der Waals surface area contributed by atoms with Crippen molar-refractivity contribution in [1.29, 1.82) is 0 Å². The molecule has 1 amide bonds. The van der Waals surface area contributed by atoms with Gasteiger partial charge in [0.2, 0.25) is 0 Å². The lowest BCUT2D eigenvalue weighted by Crippen LogP contribution is -2.34. The lowest BCUT2D eigenvalue weighted by molar-refractivity contribution is -0.139. The van der Waals surface area contributed by atoms with Gasteiger partial charge in [0, 0.05) is 6.54 Å². The molecule has 1 aromatic carbocycles. The van der Waals surface area contributed by atoms with E-state index in [1.165, 1.54) is 19.2 Å². The first-order valence-corrected chi connectivity index (χ1v) is 6.53. The van der Waals surface area contributed by atoms with Crippen LogP contribution in [-0.4, -0.2) is 29.5 Å². The van der Waals surface area contributed by atoms with Crippen molar-refractivity contribution in [3.05, 3.63) is 34.6 Å².